The van der Waals surface area contributed by atoms with E-state index in [9.17, 15) is 0 Å². The third-order valence-corrected chi connectivity index (χ3v) is 6.33. The minimum Gasteiger partial charge on any atom is -0.305 e. The van der Waals surface area contributed by atoms with Crippen LogP contribution in [-0.2, 0) is 0 Å². The van der Waals surface area contributed by atoms with Crippen molar-refractivity contribution in [1.29, 1.82) is 0 Å². The zero-order chi connectivity index (χ0) is 14.8. The highest BCUT2D eigenvalue weighted by Gasteiger charge is 2.32. The van der Waals surface area contributed by atoms with Gasteiger partial charge in [-0.1, -0.05) is 27.2 Å². The summed E-state index contributed by atoms with van der Waals surface area (Å²) in [6.07, 6.45) is 8.68. The van der Waals surface area contributed by atoms with Crippen LogP contribution in [0.3, 0.4) is 0 Å². The molecule has 20 heavy (non-hydrogen) atoms. The fourth-order valence-electron chi connectivity index (χ4n) is 3.33. The van der Waals surface area contributed by atoms with Crippen LogP contribution in [0.1, 0.15) is 75.7 Å². The van der Waals surface area contributed by atoms with Crippen LogP contribution in [0.25, 0.3) is 0 Å². The van der Waals surface area contributed by atoms with Crippen molar-refractivity contribution >= 4 is 11.3 Å². The van der Waals surface area contributed by atoms with Gasteiger partial charge in [0.15, 0.2) is 0 Å². The highest BCUT2D eigenvalue weighted by Crippen LogP contribution is 2.40. The first kappa shape index (κ1) is 16.0. The van der Waals surface area contributed by atoms with Gasteiger partial charge < -0.3 is 5.32 Å². The van der Waals surface area contributed by atoms with Gasteiger partial charge in [0.05, 0.1) is 6.04 Å². The molecule has 1 fully saturated rings. The zero-order valence-electron chi connectivity index (χ0n) is 13.7. The second-order valence-corrected chi connectivity index (χ2v) is 8.35. The first-order valence-corrected chi connectivity index (χ1v) is 8.92. The number of aromatic nitrogens is 1. The molecule has 1 aliphatic rings. The van der Waals surface area contributed by atoms with E-state index in [1.807, 2.05) is 17.5 Å². The van der Waals surface area contributed by atoms with E-state index in [4.69, 9.17) is 0 Å². The van der Waals surface area contributed by atoms with Crippen molar-refractivity contribution in [1.82, 2.24) is 10.3 Å². The van der Waals surface area contributed by atoms with E-state index >= 15 is 0 Å². The standard InChI is InChI=1S/C17H30N2S/c1-6-17(4,5)14-7-9-15(10-8-14)19-13(3)16-18-11-12(2)20-16/h11,13-15,19H,6-10H2,1-5H3. The fraction of sp³-hybridized carbons (Fsp3) is 0.824. The van der Waals surface area contributed by atoms with Gasteiger partial charge in [-0.3, -0.25) is 0 Å². The molecule has 1 aliphatic carbocycles. The Morgan fingerprint density at radius 2 is 2.00 bits per heavy atom. The molecule has 1 saturated carbocycles. The Labute approximate surface area is 128 Å². The number of thiazole rings is 1. The lowest BCUT2D eigenvalue weighted by Crippen LogP contribution is -2.38. The molecule has 1 atom stereocenters. The number of nitrogens with one attached hydrogen (secondary N) is 1. The van der Waals surface area contributed by atoms with Gasteiger partial charge in [0, 0.05) is 17.1 Å². The van der Waals surface area contributed by atoms with E-state index in [1.165, 1.54) is 42.0 Å². The van der Waals surface area contributed by atoms with Crippen LogP contribution in [-0.4, -0.2) is 11.0 Å². The molecular weight excluding hydrogens is 264 g/mol. The van der Waals surface area contributed by atoms with Gasteiger partial charge in [-0.15, -0.1) is 11.3 Å². The maximum absolute atomic E-state index is 4.50. The van der Waals surface area contributed by atoms with Gasteiger partial charge >= 0.3 is 0 Å². The van der Waals surface area contributed by atoms with Gasteiger partial charge in [-0.2, -0.15) is 0 Å². The lowest BCUT2D eigenvalue weighted by Gasteiger charge is -2.39. The predicted octanol–water partition coefficient (Wildman–Crippen LogP) is 5.10. The summed E-state index contributed by atoms with van der Waals surface area (Å²) < 4.78 is 0. The number of nitrogens with zero attached hydrogens (tertiary/aromatic N) is 1. The van der Waals surface area contributed by atoms with E-state index < -0.39 is 0 Å². The molecule has 1 heterocycles. The van der Waals surface area contributed by atoms with Gasteiger partial charge in [-0.05, 0) is 50.9 Å². The summed E-state index contributed by atoms with van der Waals surface area (Å²) in [4.78, 5) is 5.81. The molecule has 0 amide bonds. The normalized spacial score (nSPS) is 25.6. The molecule has 114 valence electrons. The second kappa shape index (κ2) is 6.57. The Morgan fingerprint density at radius 3 is 2.50 bits per heavy atom. The zero-order valence-corrected chi connectivity index (χ0v) is 14.5. The molecule has 0 saturated heterocycles. The third-order valence-electron chi connectivity index (χ3n) is 5.24. The van der Waals surface area contributed by atoms with Crippen molar-refractivity contribution in [2.45, 2.75) is 78.8 Å². The van der Waals surface area contributed by atoms with E-state index in [2.05, 4.69) is 44.9 Å². The predicted molar refractivity (Wildman–Crippen MR) is 88.2 cm³/mol. The average molecular weight is 295 g/mol. The molecule has 1 unspecified atom stereocenters. The molecule has 0 aliphatic heterocycles. The average Bonchev–Trinajstić information content (AvgIpc) is 2.86. The Hall–Kier alpha value is -0.410. The summed E-state index contributed by atoms with van der Waals surface area (Å²) in [5.74, 6) is 0.906. The number of rotatable bonds is 5. The highest BCUT2D eigenvalue weighted by molar-refractivity contribution is 7.11. The topological polar surface area (TPSA) is 24.9 Å². The third kappa shape index (κ3) is 3.82. The minimum absolute atomic E-state index is 0.398. The van der Waals surface area contributed by atoms with Crippen molar-refractivity contribution in [3.8, 4) is 0 Å². The molecule has 0 radical (unpaired) electrons. The number of hydrogen-bond acceptors (Lipinski definition) is 3. The van der Waals surface area contributed by atoms with Gasteiger partial charge in [-0.25, -0.2) is 4.98 Å². The minimum atomic E-state index is 0.398. The van der Waals surface area contributed by atoms with Crippen LogP contribution in [0, 0.1) is 18.3 Å². The molecule has 2 nitrogen and oxygen atoms in total. The molecule has 1 N–H and O–H groups in total. The van der Waals surface area contributed by atoms with Crippen LogP contribution in [0.15, 0.2) is 6.20 Å². The summed E-state index contributed by atoms with van der Waals surface area (Å²) in [5.41, 5.74) is 0.517. The maximum Gasteiger partial charge on any atom is 0.109 e. The second-order valence-electron chi connectivity index (χ2n) is 7.09. The van der Waals surface area contributed by atoms with Gasteiger partial charge in [0.1, 0.15) is 5.01 Å². The lowest BCUT2D eigenvalue weighted by atomic mass is 9.69. The van der Waals surface area contributed by atoms with Crippen LogP contribution in [0.5, 0.6) is 0 Å². The Morgan fingerprint density at radius 1 is 1.35 bits per heavy atom. The highest BCUT2D eigenvalue weighted by atomic mass is 32.1. The molecular formula is C17H30N2S. The smallest absolute Gasteiger partial charge is 0.109 e. The Bertz CT molecular complexity index is 416. The SMILES string of the molecule is CCC(C)(C)C1CCC(NC(C)c2ncc(C)s2)CC1. The molecule has 1 aromatic rings. The van der Waals surface area contributed by atoms with E-state index in [1.54, 1.807) is 0 Å². The monoisotopic (exact) mass is 294 g/mol. The Balaban J connectivity index is 1.82. The molecule has 3 heteroatoms. The van der Waals surface area contributed by atoms with E-state index in [0.717, 1.165) is 5.92 Å². The van der Waals surface area contributed by atoms with Crippen molar-refractivity contribution in [2.75, 3.05) is 0 Å². The molecule has 0 aromatic carbocycles. The van der Waals surface area contributed by atoms with Crippen molar-refractivity contribution < 1.29 is 0 Å². The molecule has 1 aromatic heterocycles. The largest absolute Gasteiger partial charge is 0.305 e. The van der Waals surface area contributed by atoms with Crippen LogP contribution in [0.4, 0.5) is 0 Å². The summed E-state index contributed by atoms with van der Waals surface area (Å²) >= 11 is 1.82. The molecule has 2 rings (SSSR count). The summed E-state index contributed by atoms with van der Waals surface area (Å²) in [6, 6.07) is 1.08. The summed E-state index contributed by atoms with van der Waals surface area (Å²) in [5, 5.41) is 5.02. The van der Waals surface area contributed by atoms with Crippen molar-refractivity contribution in [2.24, 2.45) is 11.3 Å². The lowest BCUT2D eigenvalue weighted by molar-refractivity contribution is 0.134. The van der Waals surface area contributed by atoms with Crippen molar-refractivity contribution in [3.05, 3.63) is 16.1 Å². The van der Waals surface area contributed by atoms with Crippen LogP contribution < -0.4 is 5.32 Å². The van der Waals surface area contributed by atoms with E-state index in [-0.39, 0.29) is 0 Å². The van der Waals surface area contributed by atoms with Crippen molar-refractivity contribution in [3.63, 3.8) is 0 Å². The Kier molecular flexibility index (Phi) is 5.25. The van der Waals surface area contributed by atoms with E-state index in [0.29, 0.717) is 17.5 Å². The number of aryl methyl sites for hydroxylation is 1. The summed E-state index contributed by atoms with van der Waals surface area (Å²) in [6.45, 7) is 11.6. The van der Waals surface area contributed by atoms with Gasteiger partial charge in [0.2, 0.25) is 0 Å². The maximum atomic E-state index is 4.50. The number of hydrogen-bond donors (Lipinski definition) is 1. The fourth-order valence-corrected chi connectivity index (χ4v) is 4.11. The first-order chi connectivity index (χ1) is 9.42. The quantitative estimate of drug-likeness (QED) is 0.817. The van der Waals surface area contributed by atoms with Gasteiger partial charge in [0.25, 0.3) is 0 Å². The van der Waals surface area contributed by atoms with Crippen LogP contribution >= 0.6 is 11.3 Å². The molecule has 0 spiro atoms. The van der Waals surface area contributed by atoms with Crippen LogP contribution in [0.2, 0.25) is 0 Å². The first-order valence-electron chi connectivity index (χ1n) is 8.10. The molecule has 0 bridgehead atoms. The summed E-state index contributed by atoms with van der Waals surface area (Å²) in [7, 11) is 0.